The molecule has 1 N–H and O–H groups in total. The van der Waals surface area contributed by atoms with Gasteiger partial charge in [-0.25, -0.2) is 4.99 Å². The molecule has 0 aliphatic carbocycles. The maximum atomic E-state index is 11.1. The fourth-order valence-electron chi connectivity index (χ4n) is 1.77. The van der Waals surface area contributed by atoms with E-state index < -0.39 is 0 Å². The average Bonchev–Trinajstić information content (AvgIpc) is 2.59. The van der Waals surface area contributed by atoms with Gasteiger partial charge < -0.3 is 4.90 Å². The summed E-state index contributed by atoms with van der Waals surface area (Å²) in [5.74, 6) is 0.746. The number of thiophene rings is 1. The Labute approximate surface area is 97.4 Å². The zero-order chi connectivity index (χ0) is 9.71. The van der Waals surface area contributed by atoms with Gasteiger partial charge in [-0.2, -0.15) is 0 Å². The second kappa shape index (κ2) is 3.50. The minimum Gasteiger partial charge on any atom is -0.328 e. The first-order valence-corrected chi connectivity index (χ1v) is 5.27. The van der Waals surface area contributed by atoms with Gasteiger partial charge in [0.1, 0.15) is 6.54 Å². The Balaban J connectivity index is 0.000000853. The molecule has 0 saturated carbocycles. The third-order valence-electron chi connectivity index (χ3n) is 2.36. The summed E-state index contributed by atoms with van der Waals surface area (Å²) in [6.07, 6.45) is 0. The molecule has 1 aromatic rings. The van der Waals surface area contributed by atoms with Crippen LogP contribution in [0.25, 0.3) is 0 Å². The van der Waals surface area contributed by atoms with Crippen LogP contribution >= 0.6 is 23.7 Å². The normalized spacial score (nSPS) is 17.5. The lowest BCUT2D eigenvalue weighted by Crippen LogP contribution is -2.31. The first-order valence-electron chi connectivity index (χ1n) is 4.45. The van der Waals surface area contributed by atoms with Crippen LogP contribution in [0.5, 0.6) is 0 Å². The molecular weight excluding hydrogens is 234 g/mol. The molecule has 1 aromatic heterocycles. The van der Waals surface area contributed by atoms with Crippen molar-refractivity contribution >= 4 is 41.3 Å². The zero-order valence-corrected chi connectivity index (χ0v) is 9.74. The van der Waals surface area contributed by atoms with Crippen LogP contribution in [-0.4, -0.2) is 23.3 Å². The van der Waals surface area contributed by atoms with Crippen molar-refractivity contribution in [2.24, 2.45) is 4.99 Å². The van der Waals surface area contributed by atoms with Crippen LogP contribution in [-0.2, 0) is 11.3 Å². The van der Waals surface area contributed by atoms with Crippen LogP contribution in [0.2, 0.25) is 0 Å². The number of halogens is 1. The van der Waals surface area contributed by atoms with E-state index in [0.29, 0.717) is 12.5 Å². The summed E-state index contributed by atoms with van der Waals surface area (Å²) < 4.78 is 0. The smallest absolute Gasteiger partial charge is 0.246 e. The van der Waals surface area contributed by atoms with Gasteiger partial charge in [-0.05, 0) is 13.0 Å². The van der Waals surface area contributed by atoms with Crippen LogP contribution in [0.4, 0.5) is 5.69 Å². The molecule has 3 rings (SSSR count). The Bertz CT molecular complexity index is 454. The summed E-state index contributed by atoms with van der Waals surface area (Å²) in [5.41, 5.74) is 1.01. The SMILES string of the molecule is Cc1cc2c(s1)CN1CC(=O)NC1=N2.Cl. The fraction of sp³-hybridized carbons (Fsp3) is 0.333. The van der Waals surface area contributed by atoms with E-state index in [1.807, 2.05) is 4.90 Å². The predicted octanol–water partition coefficient (Wildman–Crippen LogP) is 1.41. The van der Waals surface area contributed by atoms with Gasteiger partial charge in [0.05, 0.1) is 17.1 Å². The molecule has 6 heteroatoms. The van der Waals surface area contributed by atoms with E-state index in [-0.39, 0.29) is 18.3 Å². The molecule has 1 saturated heterocycles. The number of guanidine groups is 1. The number of nitrogens with one attached hydrogen (secondary N) is 1. The van der Waals surface area contributed by atoms with Gasteiger partial charge in [0, 0.05) is 4.88 Å². The Kier molecular flexibility index (Phi) is 2.44. The number of rotatable bonds is 0. The molecule has 2 aliphatic heterocycles. The standard InChI is InChI=1S/C9H9N3OS.ClH/c1-5-2-6-7(14-5)3-12-4-8(13)11-9(12)10-6;/h2H,3-4H2,1H3,(H,10,11,13);1H. The maximum Gasteiger partial charge on any atom is 0.246 e. The molecule has 80 valence electrons. The Morgan fingerprint density at radius 3 is 3.13 bits per heavy atom. The van der Waals surface area contributed by atoms with E-state index in [0.717, 1.165) is 12.2 Å². The summed E-state index contributed by atoms with van der Waals surface area (Å²) in [7, 11) is 0. The molecule has 3 heterocycles. The largest absolute Gasteiger partial charge is 0.328 e. The number of hydrogen-bond acceptors (Lipinski definition) is 4. The second-order valence-corrected chi connectivity index (χ2v) is 4.85. The van der Waals surface area contributed by atoms with Crippen molar-refractivity contribution in [1.29, 1.82) is 0 Å². The number of nitrogens with zero attached hydrogens (tertiary/aromatic N) is 2. The fourth-order valence-corrected chi connectivity index (χ4v) is 2.75. The highest BCUT2D eigenvalue weighted by Crippen LogP contribution is 2.34. The lowest BCUT2D eigenvalue weighted by Gasteiger charge is -2.19. The first-order chi connectivity index (χ1) is 6.72. The summed E-state index contributed by atoms with van der Waals surface area (Å²) in [6, 6.07) is 2.06. The van der Waals surface area contributed by atoms with Gasteiger partial charge in [0.15, 0.2) is 0 Å². The van der Waals surface area contributed by atoms with Crippen LogP contribution < -0.4 is 5.32 Å². The first kappa shape index (κ1) is 10.4. The van der Waals surface area contributed by atoms with E-state index >= 15 is 0 Å². The van der Waals surface area contributed by atoms with E-state index in [1.165, 1.54) is 9.75 Å². The van der Waals surface area contributed by atoms with Gasteiger partial charge >= 0.3 is 0 Å². The van der Waals surface area contributed by atoms with Gasteiger partial charge in [-0.3, -0.25) is 10.1 Å². The zero-order valence-electron chi connectivity index (χ0n) is 8.11. The van der Waals surface area contributed by atoms with Crippen LogP contribution in [0.3, 0.4) is 0 Å². The average molecular weight is 244 g/mol. The van der Waals surface area contributed by atoms with Crippen LogP contribution in [0.15, 0.2) is 11.1 Å². The Morgan fingerprint density at radius 2 is 2.33 bits per heavy atom. The molecule has 2 aliphatic rings. The van der Waals surface area contributed by atoms with Crippen molar-refractivity contribution in [3.8, 4) is 0 Å². The maximum absolute atomic E-state index is 11.1. The molecule has 1 fully saturated rings. The molecule has 4 nitrogen and oxygen atoms in total. The molecule has 0 spiro atoms. The number of fused-ring (bicyclic) bond motifs is 2. The highest BCUT2D eigenvalue weighted by Gasteiger charge is 2.29. The Hall–Kier alpha value is -1.07. The van der Waals surface area contributed by atoms with E-state index in [2.05, 4.69) is 23.3 Å². The van der Waals surface area contributed by atoms with Crippen molar-refractivity contribution in [1.82, 2.24) is 10.2 Å². The lowest BCUT2D eigenvalue weighted by molar-refractivity contribution is -0.118. The van der Waals surface area contributed by atoms with Gasteiger partial charge in [-0.15, -0.1) is 23.7 Å². The lowest BCUT2D eigenvalue weighted by atomic mass is 10.3. The minimum atomic E-state index is 0. The summed E-state index contributed by atoms with van der Waals surface area (Å²) in [6.45, 7) is 3.33. The number of aryl methyl sites for hydroxylation is 1. The molecule has 1 amide bonds. The van der Waals surface area contributed by atoms with Gasteiger partial charge in [-0.1, -0.05) is 0 Å². The summed E-state index contributed by atoms with van der Waals surface area (Å²) in [5, 5.41) is 2.75. The third kappa shape index (κ3) is 1.61. The van der Waals surface area contributed by atoms with E-state index in [1.54, 1.807) is 11.3 Å². The molecule has 0 bridgehead atoms. The Morgan fingerprint density at radius 1 is 1.53 bits per heavy atom. The monoisotopic (exact) mass is 243 g/mol. The predicted molar refractivity (Wildman–Crippen MR) is 62.0 cm³/mol. The van der Waals surface area contributed by atoms with Gasteiger partial charge in [0.2, 0.25) is 11.9 Å². The van der Waals surface area contributed by atoms with Crippen LogP contribution in [0.1, 0.15) is 9.75 Å². The molecule has 0 unspecified atom stereocenters. The number of hydrogen-bond donors (Lipinski definition) is 1. The van der Waals surface area contributed by atoms with E-state index in [9.17, 15) is 4.79 Å². The molecule has 0 aromatic carbocycles. The highest BCUT2D eigenvalue weighted by molar-refractivity contribution is 7.12. The quantitative estimate of drug-likeness (QED) is 0.749. The summed E-state index contributed by atoms with van der Waals surface area (Å²) in [4.78, 5) is 20.0. The second-order valence-electron chi connectivity index (χ2n) is 3.51. The molecule has 0 radical (unpaired) electrons. The number of carbonyl (C=O) groups is 1. The van der Waals surface area contributed by atoms with Crippen molar-refractivity contribution in [3.63, 3.8) is 0 Å². The topological polar surface area (TPSA) is 44.7 Å². The number of carbonyl (C=O) groups excluding carboxylic acids is 1. The van der Waals surface area contributed by atoms with Crippen molar-refractivity contribution in [3.05, 3.63) is 15.8 Å². The number of amides is 1. The molecule has 15 heavy (non-hydrogen) atoms. The molecule has 0 atom stereocenters. The summed E-state index contributed by atoms with van der Waals surface area (Å²) >= 11 is 1.75. The molecular formula is C9H10ClN3OS. The van der Waals surface area contributed by atoms with Crippen molar-refractivity contribution in [2.75, 3.05) is 6.54 Å². The van der Waals surface area contributed by atoms with Gasteiger partial charge in [0.25, 0.3) is 0 Å². The van der Waals surface area contributed by atoms with Crippen molar-refractivity contribution < 1.29 is 4.79 Å². The number of aliphatic imine (C=N–C) groups is 1. The minimum absolute atomic E-state index is 0. The highest BCUT2D eigenvalue weighted by atomic mass is 35.5. The third-order valence-corrected chi connectivity index (χ3v) is 3.38. The van der Waals surface area contributed by atoms with Crippen LogP contribution in [0, 0.1) is 6.92 Å². The van der Waals surface area contributed by atoms with E-state index in [4.69, 9.17) is 0 Å². The van der Waals surface area contributed by atoms with Crippen molar-refractivity contribution in [2.45, 2.75) is 13.5 Å².